The molecule has 2 aliphatic rings. The molecule has 5 nitrogen and oxygen atoms in total. The van der Waals surface area contributed by atoms with Gasteiger partial charge in [-0.15, -0.1) is 0 Å². The molecule has 1 aliphatic carbocycles. The predicted molar refractivity (Wildman–Crippen MR) is 79.1 cm³/mol. The van der Waals surface area contributed by atoms with Crippen molar-refractivity contribution < 1.29 is 4.79 Å². The maximum Gasteiger partial charge on any atom is 0.252 e. The Morgan fingerprint density at radius 3 is 2.70 bits per heavy atom. The van der Waals surface area contributed by atoms with Crippen molar-refractivity contribution in [3.05, 3.63) is 22.9 Å². The van der Waals surface area contributed by atoms with E-state index in [-0.39, 0.29) is 5.91 Å². The number of nitrogens with zero attached hydrogens (tertiary/aromatic N) is 2. The van der Waals surface area contributed by atoms with Gasteiger partial charge in [0.05, 0.1) is 5.56 Å². The van der Waals surface area contributed by atoms with Crippen LogP contribution >= 0.6 is 0 Å². The second-order valence-corrected chi connectivity index (χ2v) is 6.06. The number of anilines is 1. The van der Waals surface area contributed by atoms with Crippen molar-refractivity contribution >= 4 is 11.7 Å². The zero-order chi connectivity index (χ0) is 14.3. The first-order chi connectivity index (χ1) is 9.54. The van der Waals surface area contributed by atoms with E-state index < -0.39 is 0 Å². The Kier molecular flexibility index (Phi) is 3.38. The van der Waals surface area contributed by atoms with E-state index in [1.807, 2.05) is 6.07 Å². The molecule has 20 heavy (non-hydrogen) atoms. The van der Waals surface area contributed by atoms with Crippen molar-refractivity contribution in [3.8, 4) is 0 Å². The van der Waals surface area contributed by atoms with E-state index >= 15 is 0 Å². The third kappa shape index (κ3) is 2.38. The molecule has 5 heteroatoms. The molecule has 1 amide bonds. The standard InChI is InChI=1S/C15H22N4O/c1-9-7-19(8-10(2)17-9)15-12(14(16)20)6-11-4-3-5-13(11)18-15/h6,9-10,17H,3-5,7-8H2,1-2H3,(H2,16,20). The second-order valence-electron chi connectivity index (χ2n) is 6.06. The highest BCUT2D eigenvalue weighted by Crippen LogP contribution is 2.28. The molecule has 2 unspecified atom stereocenters. The lowest BCUT2D eigenvalue weighted by molar-refractivity contribution is 0.1000. The Bertz CT molecular complexity index is 533. The SMILES string of the molecule is CC1CN(c2nc3c(cc2C(N)=O)CCC3)CC(C)N1. The van der Waals surface area contributed by atoms with Gasteiger partial charge in [-0.2, -0.15) is 0 Å². The van der Waals surface area contributed by atoms with Crippen LogP contribution in [0.25, 0.3) is 0 Å². The van der Waals surface area contributed by atoms with Crippen LogP contribution in [0.2, 0.25) is 0 Å². The van der Waals surface area contributed by atoms with E-state index in [1.54, 1.807) is 0 Å². The number of carbonyl (C=O) groups excluding carboxylic acids is 1. The lowest BCUT2D eigenvalue weighted by Gasteiger charge is -2.37. The molecule has 0 saturated carbocycles. The fourth-order valence-electron chi connectivity index (χ4n) is 3.38. The van der Waals surface area contributed by atoms with Gasteiger partial charge in [0.15, 0.2) is 0 Å². The molecule has 3 rings (SSSR count). The summed E-state index contributed by atoms with van der Waals surface area (Å²) in [6, 6.07) is 2.73. The average Bonchev–Trinajstić information content (AvgIpc) is 2.83. The van der Waals surface area contributed by atoms with Crippen LogP contribution in [0.15, 0.2) is 6.07 Å². The van der Waals surface area contributed by atoms with Gasteiger partial charge in [0, 0.05) is 30.9 Å². The third-order valence-corrected chi connectivity index (χ3v) is 4.15. The zero-order valence-electron chi connectivity index (χ0n) is 12.1. The Balaban J connectivity index is 2.01. The van der Waals surface area contributed by atoms with Gasteiger partial charge in [-0.25, -0.2) is 4.98 Å². The fraction of sp³-hybridized carbons (Fsp3) is 0.600. The van der Waals surface area contributed by atoms with Gasteiger partial charge in [0.1, 0.15) is 5.82 Å². The highest BCUT2D eigenvalue weighted by molar-refractivity contribution is 5.98. The molecule has 0 aromatic carbocycles. The summed E-state index contributed by atoms with van der Waals surface area (Å²) in [5.74, 6) is 0.402. The number of piperazine rings is 1. The normalized spacial score (nSPS) is 25.6. The number of hydrogen-bond acceptors (Lipinski definition) is 4. The van der Waals surface area contributed by atoms with E-state index in [1.165, 1.54) is 5.56 Å². The summed E-state index contributed by atoms with van der Waals surface area (Å²) < 4.78 is 0. The van der Waals surface area contributed by atoms with Crippen LogP contribution in [0, 0.1) is 0 Å². The average molecular weight is 274 g/mol. The first-order valence-corrected chi connectivity index (χ1v) is 7.38. The molecule has 0 bridgehead atoms. The molecule has 1 fully saturated rings. The van der Waals surface area contributed by atoms with Crippen molar-refractivity contribution in [2.24, 2.45) is 5.73 Å². The topological polar surface area (TPSA) is 71.2 Å². The summed E-state index contributed by atoms with van der Waals surface area (Å²) in [5, 5.41) is 3.49. The van der Waals surface area contributed by atoms with Crippen LogP contribution in [0.3, 0.4) is 0 Å². The number of pyridine rings is 1. The molecule has 1 aliphatic heterocycles. The number of aryl methyl sites for hydroxylation is 2. The molecule has 2 heterocycles. The summed E-state index contributed by atoms with van der Waals surface area (Å²) >= 11 is 0. The minimum atomic E-state index is -0.374. The summed E-state index contributed by atoms with van der Waals surface area (Å²) in [5.41, 5.74) is 8.48. The summed E-state index contributed by atoms with van der Waals surface area (Å²) in [4.78, 5) is 18.7. The number of nitrogens with one attached hydrogen (secondary N) is 1. The van der Waals surface area contributed by atoms with Crippen molar-refractivity contribution in [3.63, 3.8) is 0 Å². The predicted octanol–water partition coefficient (Wildman–Crippen LogP) is 0.856. The molecular formula is C15H22N4O. The van der Waals surface area contributed by atoms with Crippen LogP contribution < -0.4 is 16.0 Å². The van der Waals surface area contributed by atoms with Crippen LogP contribution in [-0.4, -0.2) is 36.1 Å². The maximum absolute atomic E-state index is 11.8. The van der Waals surface area contributed by atoms with Crippen molar-refractivity contribution in [1.82, 2.24) is 10.3 Å². The monoisotopic (exact) mass is 274 g/mol. The molecule has 3 N–H and O–H groups in total. The maximum atomic E-state index is 11.8. The smallest absolute Gasteiger partial charge is 0.252 e. The second kappa shape index (κ2) is 5.05. The first kappa shape index (κ1) is 13.4. The molecular weight excluding hydrogens is 252 g/mol. The van der Waals surface area contributed by atoms with E-state index in [0.717, 1.165) is 43.9 Å². The van der Waals surface area contributed by atoms with Crippen LogP contribution in [0.1, 0.15) is 41.9 Å². The molecule has 1 aromatic heterocycles. The van der Waals surface area contributed by atoms with Gasteiger partial charge in [-0.1, -0.05) is 0 Å². The van der Waals surface area contributed by atoms with Gasteiger partial charge in [-0.05, 0) is 44.7 Å². The molecule has 1 aromatic rings. The van der Waals surface area contributed by atoms with Gasteiger partial charge in [0.25, 0.3) is 5.91 Å². The summed E-state index contributed by atoms with van der Waals surface area (Å²) in [6.45, 7) is 6.02. The molecule has 108 valence electrons. The van der Waals surface area contributed by atoms with Gasteiger partial charge in [0.2, 0.25) is 0 Å². The van der Waals surface area contributed by atoms with E-state index in [9.17, 15) is 4.79 Å². The molecule has 1 saturated heterocycles. The minimum Gasteiger partial charge on any atom is -0.365 e. The molecule has 0 radical (unpaired) electrons. The number of amides is 1. The first-order valence-electron chi connectivity index (χ1n) is 7.38. The van der Waals surface area contributed by atoms with Gasteiger partial charge >= 0.3 is 0 Å². The quantitative estimate of drug-likeness (QED) is 0.839. The Labute approximate surface area is 119 Å². The van der Waals surface area contributed by atoms with E-state index in [0.29, 0.717) is 17.6 Å². The third-order valence-electron chi connectivity index (χ3n) is 4.15. The Hall–Kier alpha value is -1.62. The van der Waals surface area contributed by atoms with Crippen LogP contribution in [0.5, 0.6) is 0 Å². The number of nitrogens with two attached hydrogens (primary N) is 1. The molecule has 2 atom stereocenters. The number of fused-ring (bicyclic) bond motifs is 1. The zero-order valence-corrected chi connectivity index (χ0v) is 12.1. The highest BCUT2D eigenvalue weighted by atomic mass is 16.1. The van der Waals surface area contributed by atoms with E-state index in [2.05, 4.69) is 24.1 Å². The number of rotatable bonds is 2. The van der Waals surface area contributed by atoms with E-state index in [4.69, 9.17) is 10.7 Å². The van der Waals surface area contributed by atoms with Gasteiger partial charge < -0.3 is 16.0 Å². The van der Waals surface area contributed by atoms with Crippen molar-refractivity contribution in [2.75, 3.05) is 18.0 Å². The van der Waals surface area contributed by atoms with Crippen molar-refractivity contribution in [2.45, 2.75) is 45.2 Å². The van der Waals surface area contributed by atoms with Gasteiger partial charge in [-0.3, -0.25) is 4.79 Å². The Morgan fingerprint density at radius 1 is 1.35 bits per heavy atom. The van der Waals surface area contributed by atoms with Crippen molar-refractivity contribution in [1.29, 1.82) is 0 Å². The fourth-order valence-corrected chi connectivity index (χ4v) is 3.38. The highest BCUT2D eigenvalue weighted by Gasteiger charge is 2.27. The largest absolute Gasteiger partial charge is 0.365 e. The Morgan fingerprint density at radius 2 is 2.05 bits per heavy atom. The number of carbonyl (C=O) groups is 1. The number of primary amides is 1. The lowest BCUT2D eigenvalue weighted by atomic mass is 10.1. The number of aromatic nitrogens is 1. The minimum absolute atomic E-state index is 0.374. The van der Waals surface area contributed by atoms with Crippen LogP contribution in [0.4, 0.5) is 5.82 Å². The van der Waals surface area contributed by atoms with Crippen LogP contribution in [-0.2, 0) is 12.8 Å². The number of hydrogen-bond donors (Lipinski definition) is 2. The lowest BCUT2D eigenvalue weighted by Crippen LogP contribution is -2.55. The molecule has 0 spiro atoms. The summed E-state index contributed by atoms with van der Waals surface area (Å²) in [6.07, 6.45) is 3.15. The summed E-state index contributed by atoms with van der Waals surface area (Å²) in [7, 11) is 0.